The first-order valence-corrected chi connectivity index (χ1v) is 34.0. The third-order valence-corrected chi connectivity index (χ3v) is 14.5. The van der Waals surface area contributed by atoms with Gasteiger partial charge in [-0.15, -0.1) is 0 Å². The zero-order chi connectivity index (χ0) is 58.5. The molecule has 1 atom stereocenters. The Balaban J connectivity index is 4.16. The summed E-state index contributed by atoms with van der Waals surface area (Å²) in [6, 6.07) is 0. The number of hydrogen-bond donors (Lipinski definition) is 0. The smallest absolute Gasteiger partial charge is 0.306 e. The van der Waals surface area contributed by atoms with Gasteiger partial charge in [-0.1, -0.05) is 322 Å². The molecule has 0 saturated heterocycles. The summed E-state index contributed by atoms with van der Waals surface area (Å²) in [7, 11) is 0. The summed E-state index contributed by atoms with van der Waals surface area (Å²) in [5, 5.41) is 0. The molecule has 0 aliphatic rings. The minimum atomic E-state index is -0.794. The fourth-order valence-electron chi connectivity index (χ4n) is 9.41. The molecule has 0 aliphatic heterocycles. The van der Waals surface area contributed by atoms with Gasteiger partial charge in [0.1, 0.15) is 13.2 Å². The fourth-order valence-corrected chi connectivity index (χ4v) is 9.41. The zero-order valence-corrected chi connectivity index (χ0v) is 53.0. The van der Waals surface area contributed by atoms with Crippen LogP contribution in [0, 0.1) is 0 Å². The van der Waals surface area contributed by atoms with E-state index in [0.717, 1.165) is 122 Å². The number of carbonyl (C=O) groups is 3. The Bertz CT molecular complexity index is 1670. The van der Waals surface area contributed by atoms with E-state index in [2.05, 4.69) is 142 Å². The number of esters is 3. The molecule has 0 fully saturated rings. The highest BCUT2D eigenvalue weighted by Gasteiger charge is 2.19. The van der Waals surface area contributed by atoms with Gasteiger partial charge < -0.3 is 14.2 Å². The molecule has 0 saturated carbocycles. The van der Waals surface area contributed by atoms with Gasteiger partial charge in [0.15, 0.2) is 6.10 Å². The Morgan fingerprint density at radius 3 is 0.753 bits per heavy atom. The van der Waals surface area contributed by atoms with Crippen LogP contribution in [0.5, 0.6) is 0 Å². The van der Waals surface area contributed by atoms with E-state index in [-0.39, 0.29) is 31.1 Å². The van der Waals surface area contributed by atoms with E-state index in [1.807, 2.05) is 0 Å². The lowest BCUT2D eigenvalue weighted by atomic mass is 10.0. The Morgan fingerprint density at radius 2 is 0.481 bits per heavy atom. The maximum atomic E-state index is 12.9. The summed E-state index contributed by atoms with van der Waals surface area (Å²) in [5.74, 6) is -0.938. The second kappa shape index (κ2) is 68.3. The summed E-state index contributed by atoms with van der Waals surface area (Å²) < 4.78 is 16.8. The van der Waals surface area contributed by atoms with E-state index < -0.39 is 6.10 Å². The van der Waals surface area contributed by atoms with Crippen molar-refractivity contribution < 1.29 is 28.6 Å². The lowest BCUT2D eigenvalue weighted by Gasteiger charge is -2.18. The second-order valence-electron chi connectivity index (χ2n) is 22.4. The van der Waals surface area contributed by atoms with Crippen molar-refractivity contribution in [3.05, 3.63) is 122 Å². The van der Waals surface area contributed by atoms with Crippen LogP contribution in [0.2, 0.25) is 0 Å². The molecule has 462 valence electrons. The van der Waals surface area contributed by atoms with Crippen molar-refractivity contribution >= 4 is 17.9 Å². The van der Waals surface area contributed by atoms with Gasteiger partial charge in [-0.25, -0.2) is 0 Å². The van der Waals surface area contributed by atoms with Crippen LogP contribution < -0.4 is 0 Å². The molecule has 6 nitrogen and oxygen atoms in total. The summed E-state index contributed by atoms with van der Waals surface area (Å²) in [5.41, 5.74) is 0. The minimum absolute atomic E-state index is 0.0910. The molecule has 0 aromatic carbocycles. The van der Waals surface area contributed by atoms with Gasteiger partial charge in [0.05, 0.1) is 0 Å². The molecule has 0 aliphatic carbocycles. The molecule has 81 heavy (non-hydrogen) atoms. The van der Waals surface area contributed by atoms with E-state index in [4.69, 9.17) is 14.2 Å². The summed E-state index contributed by atoms with van der Waals surface area (Å²) in [4.78, 5) is 38.0. The number of rotatable bonds is 61. The van der Waals surface area contributed by atoms with Gasteiger partial charge >= 0.3 is 17.9 Å². The quantitative estimate of drug-likeness (QED) is 0.0261. The minimum Gasteiger partial charge on any atom is -0.462 e. The van der Waals surface area contributed by atoms with Crippen LogP contribution in [0.15, 0.2) is 122 Å². The molecule has 0 rings (SSSR count). The normalized spacial score (nSPS) is 12.9. The highest BCUT2D eigenvalue weighted by atomic mass is 16.6. The highest BCUT2D eigenvalue weighted by molar-refractivity contribution is 5.71. The van der Waals surface area contributed by atoms with E-state index in [1.165, 1.54) is 154 Å². The molecule has 0 N–H and O–H groups in total. The van der Waals surface area contributed by atoms with Gasteiger partial charge in [0.2, 0.25) is 0 Å². The SMILES string of the molecule is CC/C=C\C/C=C\C/C=C\C/C=C\C/C=C\C/C=C\C/C=C\C/C=C\C/C=C\C/C=C\CCCCC(=O)OCC(COC(=O)CCCCCCCC)OC(=O)CCCCCCCCCCCCCCCCCCCCCCCCCC. The van der Waals surface area contributed by atoms with Crippen molar-refractivity contribution in [1.82, 2.24) is 0 Å². The van der Waals surface area contributed by atoms with Crippen molar-refractivity contribution in [2.45, 2.75) is 322 Å². The van der Waals surface area contributed by atoms with Gasteiger partial charge in [-0.3, -0.25) is 14.4 Å². The Morgan fingerprint density at radius 1 is 0.259 bits per heavy atom. The van der Waals surface area contributed by atoms with Crippen molar-refractivity contribution in [2.24, 2.45) is 0 Å². The van der Waals surface area contributed by atoms with E-state index in [0.29, 0.717) is 19.3 Å². The van der Waals surface area contributed by atoms with Crippen LogP contribution in [-0.2, 0) is 28.6 Å². The van der Waals surface area contributed by atoms with Gasteiger partial charge in [-0.2, -0.15) is 0 Å². The van der Waals surface area contributed by atoms with Crippen LogP contribution in [0.3, 0.4) is 0 Å². The maximum absolute atomic E-state index is 12.9. The maximum Gasteiger partial charge on any atom is 0.306 e. The Hall–Kier alpha value is -4.19. The number of unbranched alkanes of at least 4 members (excludes halogenated alkanes) is 30. The average Bonchev–Trinajstić information content (AvgIpc) is 3.47. The van der Waals surface area contributed by atoms with Crippen molar-refractivity contribution in [3.8, 4) is 0 Å². The molecule has 1 unspecified atom stereocenters. The summed E-state index contributed by atoms with van der Waals surface area (Å²) in [6.07, 6.45) is 95.5. The van der Waals surface area contributed by atoms with E-state index in [1.54, 1.807) is 0 Å². The Kier molecular flexibility index (Phi) is 64.8. The molecule has 0 bridgehead atoms. The molecular formula is C75H126O6. The molecule has 0 aromatic heterocycles. The number of ether oxygens (including phenoxy) is 3. The predicted molar refractivity (Wildman–Crippen MR) is 353 cm³/mol. The third kappa shape index (κ3) is 66.5. The lowest BCUT2D eigenvalue weighted by Crippen LogP contribution is -2.30. The molecular weight excluding hydrogens is 997 g/mol. The lowest BCUT2D eigenvalue weighted by molar-refractivity contribution is -0.167. The number of hydrogen-bond acceptors (Lipinski definition) is 6. The first-order chi connectivity index (χ1) is 40.0. The Labute approximate surface area is 501 Å². The van der Waals surface area contributed by atoms with Crippen LogP contribution >= 0.6 is 0 Å². The molecule has 0 amide bonds. The molecule has 0 radical (unpaired) electrons. The van der Waals surface area contributed by atoms with Gasteiger partial charge in [0, 0.05) is 19.3 Å². The number of allylic oxidation sites excluding steroid dienone is 20. The summed E-state index contributed by atoms with van der Waals surface area (Å²) in [6.45, 7) is 6.46. The zero-order valence-electron chi connectivity index (χ0n) is 53.0. The van der Waals surface area contributed by atoms with Crippen molar-refractivity contribution in [1.29, 1.82) is 0 Å². The first-order valence-electron chi connectivity index (χ1n) is 34.0. The van der Waals surface area contributed by atoms with E-state index >= 15 is 0 Å². The topological polar surface area (TPSA) is 78.9 Å². The molecule has 0 heterocycles. The van der Waals surface area contributed by atoms with Crippen molar-refractivity contribution in [3.63, 3.8) is 0 Å². The van der Waals surface area contributed by atoms with E-state index in [9.17, 15) is 14.4 Å². The second-order valence-corrected chi connectivity index (χ2v) is 22.4. The molecule has 0 spiro atoms. The monoisotopic (exact) mass is 1120 g/mol. The average molecular weight is 1120 g/mol. The summed E-state index contributed by atoms with van der Waals surface area (Å²) >= 11 is 0. The fraction of sp³-hybridized carbons (Fsp3) is 0.693. The molecule has 6 heteroatoms. The van der Waals surface area contributed by atoms with Gasteiger partial charge in [0.25, 0.3) is 0 Å². The number of carbonyl (C=O) groups excluding carboxylic acids is 3. The van der Waals surface area contributed by atoms with Crippen molar-refractivity contribution in [2.75, 3.05) is 13.2 Å². The van der Waals surface area contributed by atoms with Gasteiger partial charge in [-0.05, 0) is 96.3 Å². The van der Waals surface area contributed by atoms with Crippen LogP contribution in [-0.4, -0.2) is 37.2 Å². The largest absolute Gasteiger partial charge is 0.462 e. The highest BCUT2D eigenvalue weighted by Crippen LogP contribution is 2.17. The van der Waals surface area contributed by atoms with Crippen LogP contribution in [0.4, 0.5) is 0 Å². The predicted octanol–water partition coefficient (Wildman–Crippen LogP) is 23.6. The van der Waals surface area contributed by atoms with Crippen LogP contribution in [0.25, 0.3) is 0 Å². The standard InChI is InChI=1S/C75H126O6/c1-4-7-10-13-16-18-20-22-24-26-28-30-32-34-35-36-37-38-39-40-41-42-44-45-47-49-51-53-55-57-59-62-65-68-74(77)80-71-72(70-79-73(76)67-64-61-15-12-9-6-3)81-75(78)69-66-63-60-58-56-54-52-50-48-46-43-33-31-29-27-25-23-21-19-17-14-11-8-5-2/h7,10,16,18,22,24,28,30,34-35,37-38,40-41,44-45,49,51,55,57,72H,4-6,8-9,11-15,17,19-21,23,25-27,29,31-33,36,39,42-43,46-48,50,52-54,56,58-71H2,1-3H3/b10-7-,18-16-,24-22-,30-28-,35-34-,38-37-,41-40-,45-44-,51-49-,57-55-. The molecule has 0 aromatic rings. The van der Waals surface area contributed by atoms with Crippen LogP contribution in [0.1, 0.15) is 316 Å². The third-order valence-electron chi connectivity index (χ3n) is 14.5. The first kappa shape index (κ1) is 76.8.